The van der Waals surface area contributed by atoms with Gasteiger partial charge in [0.05, 0.1) is 12.3 Å². The summed E-state index contributed by atoms with van der Waals surface area (Å²) in [6.07, 6.45) is -0.0168. The smallest absolute Gasteiger partial charge is 0.329 e. The van der Waals surface area contributed by atoms with E-state index in [2.05, 4.69) is 9.47 Å². The molecule has 0 radical (unpaired) electrons. The number of rotatable bonds is 9. The van der Waals surface area contributed by atoms with Crippen molar-refractivity contribution >= 4 is 23.7 Å². The predicted octanol–water partition coefficient (Wildman–Crippen LogP) is 0.952. The highest BCUT2D eigenvalue weighted by atomic mass is 16.7. The molecule has 0 saturated carbocycles. The first-order valence-electron chi connectivity index (χ1n) is 7.73. The maximum atomic E-state index is 11.7. The van der Waals surface area contributed by atoms with E-state index < -0.39 is 36.2 Å². The van der Waals surface area contributed by atoms with Crippen molar-refractivity contribution in [2.45, 2.75) is 53.5 Å². The Morgan fingerprint density at radius 3 is 1.96 bits per heavy atom. The summed E-state index contributed by atoms with van der Waals surface area (Å²) >= 11 is 0. The van der Waals surface area contributed by atoms with Crippen molar-refractivity contribution in [3.63, 3.8) is 0 Å². The lowest BCUT2D eigenvalue weighted by Crippen LogP contribution is -2.38. The third-order valence-corrected chi connectivity index (χ3v) is 2.99. The highest BCUT2D eigenvalue weighted by Crippen LogP contribution is 2.17. The van der Waals surface area contributed by atoms with Crippen molar-refractivity contribution < 1.29 is 33.4 Å². The van der Waals surface area contributed by atoms with Gasteiger partial charge in [-0.1, -0.05) is 34.6 Å². The summed E-state index contributed by atoms with van der Waals surface area (Å²) in [5, 5.41) is 0. The standard InChI is InChI=1S/C16H27NO7/c1-10(2)14(20)23-9-24-15(21)11(17)8-22-13(19)7-6-12(18)16(3,4)5/h10-11H,6-9,17H2,1-5H3. The zero-order valence-corrected chi connectivity index (χ0v) is 14.9. The van der Waals surface area contributed by atoms with Crippen LogP contribution in [0.4, 0.5) is 0 Å². The molecule has 0 amide bonds. The van der Waals surface area contributed by atoms with Crippen molar-refractivity contribution in [1.29, 1.82) is 0 Å². The van der Waals surface area contributed by atoms with Crippen LogP contribution >= 0.6 is 0 Å². The molecular formula is C16H27NO7. The number of ketones is 1. The van der Waals surface area contributed by atoms with Gasteiger partial charge >= 0.3 is 17.9 Å². The van der Waals surface area contributed by atoms with Crippen molar-refractivity contribution in [3.8, 4) is 0 Å². The first-order valence-corrected chi connectivity index (χ1v) is 7.73. The minimum Gasteiger partial charge on any atom is -0.463 e. The second-order valence-corrected chi connectivity index (χ2v) is 6.66. The molecule has 0 aliphatic heterocycles. The van der Waals surface area contributed by atoms with Gasteiger partial charge < -0.3 is 19.9 Å². The Labute approximate surface area is 142 Å². The number of ether oxygens (including phenoxy) is 3. The van der Waals surface area contributed by atoms with E-state index >= 15 is 0 Å². The monoisotopic (exact) mass is 345 g/mol. The van der Waals surface area contributed by atoms with Crippen LogP contribution in [0.5, 0.6) is 0 Å². The quantitative estimate of drug-likeness (QED) is 0.484. The van der Waals surface area contributed by atoms with E-state index in [0.29, 0.717) is 0 Å². The van der Waals surface area contributed by atoms with Crippen LogP contribution in [0.1, 0.15) is 47.5 Å². The number of Topliss-reactive ketones (excluding diaryl/α,β-unsaturated/α-hetero) is 1. The molecule has 1 atom stereocenters. The van der Waals surface area contributed by atoms with Crippen LogP contribution in [-0.2, 0) is 33.4 Å². The average molecular weight is 345 g/mol. The molecule has 8 heteroatoms. The van der Waals surface area contributed by atoms with Crippen LogP contribution in [0.25, 0.3) is 0 Å². The van der Waals surface area contributed by atoms with Gasteiger partial charge in [-0.25, -0.2) is 0 Å². The number of hydrogen-bond donors (Lipinski definition) is 1. The molecule has 0 aromatic heterocycles. The molecule has 0 heterocycles. The molecule has 0 rings (SSSR count). The number of nitrogens with two attached hydrogens (primary N) is 1. The lowest BCUT2D eigenvalue weighted by molar-refractivity contribution is -0.171. The van der Waals surface area contributed by atoms with Crippen LogP contribution in [0.3, 0.4) is 0 Å². The topological polar surface area (TPSA) is 122 Å². The molecule has 0 spiro atoms. The highest BCUT2D eigenvalue weighted by molar-refractivity contribution is 5.86. The van der Waals surface area contributed by atoms with Gasteiger partial charge in [0, 0.05) is 11.8 Å². The Kier molecular flexibility index (Phi) is 9.20. The lowest BCUT2D eigenvalue weighted by atomic mass is 9.88. The van der Waals surface area contributed by atoms with Crippen molar-refractivity contribution in [3.05, 3.63) is 0 Å². The van der Waals surface area contributed by atoms with Crippen molar-refractivity contribution in [2.24, 2.45) is 17.1 Å². The zero-order chi connectivity index (χ0) is 18.9. The third kappa shape index (κ3) is 9.24. The minimum atomic E-state index is -1.19. The summed E-state index contributed by atoms with van der Waals surface area (Å²) in [6, 6.07) is -1.19. The summed E-state index contributed by atoms with van der Waals surface area (Å²) < 4.78 is 14.1. The number of hydrogen-bond acceptors (Lipinski definition) is 8. The molecule has 0 aromatic rings. The number of carbonyl (C=O) groups is 4. The fourth-order valence-electron chi connectivity index (χ4n) is 1.33. The Bertz CT molecular complexity index is 466. The van der Waals surface area contributed by atoms with Crippen molar-refractivity contribution in [1.82, 2.24) is 0 Å². The molecule has 2 N–H and O–H groups in total. The lowest BCUT2D eigenvalue weighted by Gasteiger charge is -2.16. The predicted molar refractivity (Wildman–Crippen MR) is 84.5 cm³/mol. The average Bonchev–Trinajstić information content (AvgIpc) is 2.48. The molecule has 138 valence electrons. The van der Waals surface area contributed by atoms with Gasteiger partial charge in [-0.05, 0) is 0 Å². The van der Waals surface area contributed by atoms with Gasteiger partial charge in [0.15, 0.2) is 0 Å². The second kappa shape index (κ2) is 10.0. The molecule has 0 bridgehead atoms. The Morgan fingerprint density at radius 2 is 1.46 bits per heavy atom. The van der Waals surface area contributed by atoms with Crippen LogP contribution in [0.15, 0.2) is 0 Å². The van der Waals surface area contributed by atoms with E-state index in [4.69, 9.17) is 10.5 Å². The molecule has 0 saturated heterocycles. The second-order valence-electron chi connectivity index (χ2n) is 6.66. The van der Waals surface area contributed by atoms with E-state index in [1.807, 2.05) is 0 Å². The molecule has 24 heavy (non-hydrogen) atoms. The summed E-state index contributed by atoms with van der Waals surface area (Å²) in [4.78, 5) is 45.9. The SMILES string of the molecule is CC(C)C(=O)OCOC(=O)C(N)COC(=O)CCC(=O)C(C)(C)C. The fourth-order valence-corrected chi connectivity index (χ4v) is 1.33. The fraction of sp³-hybridized carbons (Fsp3) is 0.750. The van der Waals surface area contributed by atoms with Gasteiger partial charge in [-0.15, -0.1) is 0 Å². The molecule has 8 nitrogen and oxygen atoms in total. The number of esters is 3. The Morgan fingerprint density at radius 1 is 0.917 bits per heavy atom. The van der Waals surface area contributed by atoms with E-state index in [1.54, 1.807) is 34.6 Å². The van der Waals surface area contributed by atoms with Crippen LogP contribution in [0.2, 0.25) is 0 Å². The van der Waals surface area contributed by atoms with Crippen LogP contribution in [-0.4, -0.2) is 43.1 Å². The normalized spacial score (nSPS) is 12.5. The van der Waals surface area contributed by atoms with Gasteiger partial charge in [0.2, 0.25) is 6.79 Å². The van der Waals surface area contributed by atoms with Crippen LogP contribution < -0.4 is 5.73 Å². The van der Waals surface area contributed by atoms with E-state index in [1.165, 1.54) is 0 Å². The highest BCUT2D eigenvalue weighted by Gasteiger charge is 2.23. The summed E-state index contributed by atoms with van der Waals surface area (Å²) in [5.41, 5.74) is 4.99. The van der Waals surface area contributed by atoms with Gasteiger partial charge in [0.25, 0.3) is 0 Å². The van der Waals surface area contributed by atoms with Gasteiger partial charge in [-0.2, -0.15) is 0 Å². The molecular weight excluding hydrogens is 318 g/mol. The largest absolute Gasteiger partial charge is 0.463 e. The maximum Gasteiger partial charge on any atom is 0.329 e. The summed E-state index contributed by atoms with van der Waals surface area (Å²) in [5.74, 6) is -2.39. The van der Waals surface area contributed by atoms with Crippen molar-refractivity contribution in [2.75, 3.05) is 13.4 Å². The first kappa shape index (κ1) is 22.0. The molecule has 0 fully saturated rings. The molecule has 1 unspecified atom stereocenters. The van der Waals surface area contributed by atoms with E-state index in [0.717, 1.165) is 0 Å². The molecule has 0 aliphatic rings. The Balaban J connectivity index is 4.00. The first-order chi connectivity index (χ1) is 10.9. The third-order valence-electron chi connectivity index (χ3n) is 2.99. The van der Waals surface area contributed by atoms with E-state index in [9.17, 15) is 19.2 Å². The number of carbonyl (C=O) groups excluding carboxylic acids is 4. The summed E-state index contributed by atoms with van der Waals surface area (Å²) in [6.45, 7) is 7.65. The maximum absolute atomic E-state index is 11.7. The Hall–Kier alpha value is -1.96. The molecule has 0 aromatic carbocycles. The minimum absolute atomic E-state index is 0.0601. The van der Waals surface area contributed by atoms with Gasteiger partial charge in [-0.3, -0.25) is 19.2 Å². The summed E-state index contributed by atoms with van der Waals surface area (Å²) in [7, 11) is 0. The molecule has 0 aliphatic carbocycles. The van der Waals surface area contributed by atoms with Gasteiger partial charge in [0.1, 0.15) is 18.4 Å². The van der Waals surface area contributed by atoms with E-state index in [-0.39, 0.29) is 31.1 Å². The zero-order valence-electron chi connectivity index (χ0n) is 14.9. The van der Waals surface area contributed by atoms with Crippen LogP contribution in [0, 0.1) is 11.3 Å².